The van der Waals surface area contributed by atoms with Gasteiger partial charge < -0.3 is 4.74 Å². The van der Waals surface area contributed by atoms with Gasteiger partial charge in [0, 0.05) is 0 Å². The van der Waals surface area contributed by atoms with Crippen molar-refractivity contribution in [2.75, 3.05) is 0 Å². The van der Waals surface area contributed by atoms with Gasteiger partial charge in [0.05, 0.1) is 36.2 Å². The fourth-order valence-corrected chi connectivity index (χ4v) is 2.05. The minimum absolute atomic E-state index is 0.0570. The minimum Gasteiger partial charge on any atom is -0.372 e. The number of hydrogen-bond donors (Lipinski definition) is 0. The molecule has 0 aliphatic carbocycles. The predicted molar refractivity (Wildman–Crippen MR) is 45.2 cm³/mol. The third kappa shape index (κ3) is 1.22. The van der Waals surface area contributed by atoms with Crippen molar-refractivity contribution in [3.63, 3.8) is 0 Å². The van der Waals surface area contributed by atoms with Crippen LogP contribution in [-0.2, 0) is 4.74 Å². The maximum absolute atomic E-state index is 8.90. The summed E-state index contributed by atoms with van der Waals surface area (Å²) in [4.78, 5) is 0. The quantitative estimate of drug-likeness (QED) is 0.521. The summed E-state index contributed by atoms with van der Waals surface area (Å²) in [5.41, 5.74) is 0. The van der Waals surface area contributed by atoms with Crippen molar-refractivity contribution in [1.29, 1.82) is 10.5 Å². The van der Waals surface area contributed by atoms with Gasteiger partial charge in [0.25, 0.3) is 0 Å². The molecule has 0 aromatic carbocycles. The summed E-state index contributed by atoms with van der Waals surface area (Å²) in [6, 6.07) is 4.37. The van der Waals surface area contributed by atoms with E-state index in [1.807, 2.05) is 12.2 Å². The molecular weight excluding hydrogens is 164 g/mol. The van der Waals surface area contributed by atoms with Gasteiger partial charge in [-0.05, 0) is 12.8 Å². The highest BCUT2D eigenvalue weighted by Crippen LogP contribution is 2.37. The summed E-state index contributed by atoms with van der Waals surface area (Å²) in [7, 11) is 0. The molecule has 0 aromatic rings. The molecule has 3 heteroatoms. The Balaban J connectivity index is 2.27. The number of nitriles is 2. The first-order valence-corrected chi connectivity index (χ1v) is 4.46. The molecule has 4 atom stereocenters. The van der Waals surface area contributed by atoms with Gasteiger partial charge in [-0.2, -0.15) is 10.5 Å². The molecule has 2 rings (SSSR count). The van der Waals surface area contributed by atoms with Gasteiger partial charge in [0.15, 0.2) is 0 Å². The minimum atomic E-state index is -0.236. The van der Waals surface area contributed by atoms with E-state index in [9.17, 15) is 0 Å². The number of rotatable bonds is 0. The molecule has 0 radical (unpaired) electrons. The van der Waals surface area contributed by atoms with Crippen LogP contribution in [0.15, 0.2) is 12.2 Å². The van der Waals surface area contributed by atoms with E-state index in [2.05, 4.69) is 12.1 Å². The van der Waals surface area contributed by atoms with Crippen LogP contribution in [0.5, 0.6) is 0 Å². The van der Waals surface area contributed by atoms with E-state index in [0.717, 1.165) is 12.8 Å². The fourth-order valence-electron chi connectivity index (χ4n) is 2.05. The molecule has 0 spiro atoms. The molecule has 2 aliphatic heterocycles. The SMILES string of the molecule is N#C[C@@H]1[C@H](C#N)[C@@H]2CC=CC[C@H]1O2. The van der Waals surface area contributed by atoms with Crippen molar-refractivity contribution in [2.24, 2.45) is 11.8 Å². The van der Waals surface area contributed by atoms with Gasteiger partial charge in [-0.3, -0.25) is 0 Å². The lowest BCUT2D eigenvalue weighted by molar-refractivity contribution is 0.0431. The zero-order chi connectivity index (χ0) is 9.26. The summed E-state index contributed by atoms with van der Waals surface area (Å²) in [5, 5.41) is 17.8. The van der Waals surface area contributed by atoms with Crippen molar-refractivity contribution in [2.45, 2.75) is 25.0 Å². The van der Waals surface area contributed by atoms with Crippen molar-refractivity contribution in [3.8, 4) is 12.1 Å². The molecule has 0 saturated carbocycles. The Labute approximate surface area is 77.2 Å². The Bertz CT molecular complexity index is 280. The molecule has 1 saturated heterocycles. The van der Waals surface area contributed by atoms with Crippen molar-refractivity contribution >= 4 is 0 Å². The molecule has 0 amide bonds. The predicted octanol–water partition coefficient (Wildman–Crippen LogP) is 1.38. The molecule has 66 valence electrons. The van der Waals surface area contributed by atoms with Crippen LogP contribution >= 0.6 is 0 Å². The van der Waals surface area contributed by atoms with Gasteiger partial charge in [-0.25, -0.2) is 0 Å². The molecule has 13 heavy (non-hydrogen) atoms. The second-order valence-corrected chi connectivity index (χ2v) is 3.47. The first-order chi connectivity index (χ1) is 6.36. The van der Waals surface area contributed by atoms with Gasteiger partial charge in [-0.15, -0.1) is 0 Å². The van der Waals surface area contributed by atoms with Crippen LogP contribution in [0.2, 0.25) is 0 Å². The molecule has 0 N–H and O–H groups in total. The molecule has 3 nitrogen and oxygen atoms in total. The normalized spacial score (nSPS) is 42.0. The number of hydrogen-bond acceptors (Lipinski definition) is 3. The summed E-state index contributed by atoms with van der Waals surface area (Å²) in [6.07, 6.45) is 5.52. The van der Waals surface area contributed by atoms with Crippen molar-refractivity contribution < 1.29 is 4.74 Å². The lowest BCUT2D eigenvalue weighted by Gasteiger charge is -2.10. The topological polar surface area (TPSA) is 56.8 Å². The summed E-state index contributed by atoms with van der Waals surface area (Å²) in [6.45, 7) is 0. The average Bonchev–Trinajstić information content (AvgIpc) is 2.31. The van der Waals surface area contributed by atoms with E-state index in [1.54, 1.807) is 0 Å². The summed E-state index contributed by atoms with van der Waals surface area (Å²) >= 11 is 0. The maximum Gasteiger partial charge on any atom is 0.0911 e. The fraction of sp³-hybridized carbons (Fsp3) is 0.600. The lowest BCUT2D eigenvalue weighted by Crippen LogP contribution is -2.19. The smallest absolute Gasteiger partial charge is 0.0911 e. The Morgan fingerprint density at radius 1 is 1.00 bits per heavy atom. The Kier molecular flexibility index (Phi) is 2.04. The number of nitrogens with zero attached hydrogens (tertiary/aromatic N) is 2. The molecule has 1 fully saturated rings. The first kappa shape index (κ1) is 8.29. The monoisotopic (exact) mass is 174 g/mol. The van der Waals surface area contributed by atoms with Crippen molar-refractivity contribution in [1.82, 2.24) is 0 Å². The van der Waals surface area contributed by atoms with Crippen molar-refractivity contribution in [3.05, 3.63) is 12.2 Å². The van der Waals surface area contributed by atoms with Gasteiger partial charge >= 0.3 is 0 Å². The third-order valence-corrected chi connectivity index (χ3v) is 2.74. The van der Waals surface area contributed by atoms with E-state index < -0.39 is 0 Å². The first-order valence-electron chi connectivity index (χ1n) is 4.46. The highest BCUT2D eigenvalue weighted by molar-refractivity contribution is 5.13. The van der Waals surface area contributed by atoms with E-state index in [-0.39, 0.29) is 24.0 Å². The summed E-state index contributed by atoms with van der Waals surface area (Å²) in [5.74, 6) is -0.472. The zero-order valence-corrected chi connectivity index (χ0v) is 7.18. The van der Waals surface area contributed by atoms with E-state index >= 15 is 0 Å². The molecule has 2 bridgehead atoms. The highest BCUT2D eigenvalue weighted by Gasteiger charge is 2.44. The molecular formula is C10H10N2O. The van der Waals surface area contributed by atoms with Gasteiger partial charge in [0.2, 0.25) is 0 Å². The highest BCUT2D eigenvalue weighted by atomic mass is 16.5. The van der Waals surface area contributed by atoms with Crippen LogP contribution in [0, 0.1) is 34.5 Å². The lowest BCUT2D eigenvalue weighted by atomic mass is 9.85. The van der Waals surface area contributed by atoms with E-state index in [1.165, 1.54) is 0 Å². The van der Waals surface area contributed by atoms with Crippen LogP contribution in [0.1, 0.15) is 12.8 Å². The summed E-state index contributed by atoms with van der Waals surface area (Å²) < 4.78 is 5.62. The van der Waals surface area contributed by atoms with Crippen LogP contribution < -0.4 is 0 Å². The average molecular weight is 174 g/mol. The zero-order valence-electron chi connectivity index (χ0n) is 7.18. The standard InChI is InChI=1S/C10H10N2O/c11-5-7-8(6-12)10-4-2-1-3-9(7)13-10/h1-2,7-10H,3-4H2/t7-,8+,9-,10+. The third-order valence-electron chi connectivity index (χ3n) is 2.74. The largest absolute Gasteiger partial charge is 0.372 e. The Hall–Kier alpha value is -1.32. The second kappa shape index (κ2) is 3.20. The number of ether oxygens (including phenoxy) is 1. The van der Waals surface area contributed by atoms with E-state index in [4.69, 9.17) is 15.3 Å². The maximum atomic E-state index is 8.90. The van der Waals surface area contributed by atoms with Crippen LogP contribution in [-0.4, -0.2) is 12.2 Å². The van der Waals surface area contributed by atoms with Gasteiger partial charge in [0.1, 0.15) is 0 Å². The Morgan fingerprint density at radius 3 is 1.85 bits per heavy atom. The molecule has 0 unspecified atom stereocenters. The van der Waals surface area contributed by atoms with Crippen LogP contribution in [0.4, 0.5) is 0 Å². The molecule has 2 aliphatic rings. The second-order valence-electron chi connectivity index (χ2n) is 3.47. The van der Waals surface area contributed by atoms with Crippen LogP contribution in [0.25, 0.3) is 0 Å². The van der Waals surface area contributed by atoms with E-state index in [0.29, 0.717) is 0 Å². The molecule has 2 heterocycles. The molecule has 0 aromatic heterocycles. The van der Waals surface area contributed by atoms with Crippen LogP contribution in [0.3, 0.4) is 0 Å². The number of fused-ring (bicyclic) bond motifs is 2. The van der Waals surface area contributed by atoms with Gasteiger partial charge in [-0.1, -0.05) is 12.2 Å². The Morgan fingerprint density at radius 2 is 1.46 bits per heavy atom.